The summed E-state index contributed by atoms with van der Waals surface area (Å²) < 4.78 is 5.76. The molecule has 88 valence electrons. The van der Waals surface area contributed by atoms with Crippen LogP contribution in [0.3, 0.4) is 0 Å². The number of fused-ring (bicyclic) bond motifs is 2. The molecule has 3 heterocycles. The second-order valence-electron chi connectivity index (χ2n) is 4.59. The van der Waals surface area contributed by atoms with Crippen molar-refractivity contribution in [2.24, 2.45) is 0 Å². The average molecular weight is 230 g/mol. The third-order valence-corrected chi connectivity index (χ3v) is 3.54. The van der Waals surface area contributed by atoms with Crippen molar-refractivity contribution in [3.63, 3.8) is 0 Å². The molecule has 2 aliphatic heterocycles. The number of pyridine rings is 1. The first-order valence-corrected chi connectivity index (χ1v) is 5.84. The molecule has 3 unspecified atom stereocenters. The number of aromatic nitrogens is 1. The number of rotatable bonds is 2. The summed E-state index contributed by atoms with van der Waals surface area (Å²) in [5.41, 5.74) is 6.77. The molecule has 0 aliphatic carbocycles. The van der Waals surface area contributed by atoms with Crippen LogP contribution in [-0.4, -0.2) is 23.2 Å². The Morgan fingerprint density at radius 1 is 1.53 bits per heavy atom. The summed E-state index contributed by atoms with van der Waals surface area (Å²) in [6.45, 7) is 0. The SMILES string of the molecule is N#Cc1ccnc(NC2CC3CCC2O3)c1N. The van der Waals surface area contributed by atoms with E-state index in [4.69, 9.17) is 15.7 Å². The van der Waals surface area contributed by atoms with E-state index in [1.807, 2.05) is 0 Å². The minimum atomic E-state index is 0.270. The lowest BCUT2D eigenvalue weighted by Gasteiger charge is -2.21. The van der Waals surface area contributed by atoms with E-state index in [0.29, 0.717) is 23.2 Å². The van der Waals surface area contributed by atoms with Gasteiger partial charge in [-0.2, -0.15) is 5.26 Å². The van der Waals surface area contributed by atoms with Gasteiger partial charge >= 0.3 is 0 Å². The van der Waals surface area contributed by atoms with Crippen molar-refractivity contribution in [1.29, 1.82) is 5.26 Å². The van der Waals surface area contributed by atoms with Crippen molar-refractivity contribution >= 4 is 11.5 Å². The zero-order valence-electron chi connectivity index (χ0n) is 9.39. The molecule has 1 aromatic rings. The molecule has 2 fully saturated rings. The number of nitrogen functional groups attached to an aromatic ring is 1. The Bertz CT molecular complexity index is 482. The Labute approximate surface area is 99.6 Å². The maximum atomic E-state index is 8.90. The van der Waals surface area contributed by atoms with Gasteiger partial charge in [-0.15, -0.1) is 0 Å². The smallest absolute Gasteiger partial charge is 0.150 e. The van der Waals surface area contributed by atoms with Gasteiger partial charge in [-0.1, -0.05) is 0 Å². The first-order chi connectivity index (χ1) is 8.28. The molecule has 1 aromatic heterocycles. The number of nitrogens with one attached hydrogen (secondary N) is 1. The quantitative estimate of drug-likeness (QED) is 0.799. The highest BCUT2D eigenvalue weighted by atomic mass is 16.5. The largest absolute Gasteiger partial charge is 0.395 e. The summed E-state index contributed by atoms with van der Waals surface area (Å²) in [5, 5.41) is 12.2. The Morgan fingerprint density at radius 2 is 2.41 bits per heavy atom. The van der Waals surface area contributed by atoms with Crippen LogP contribution in [0.15, 0.2) is 12.3 Å². The first kappa shape index (κ1) is 10.4. The molecule has 2 aliphatic rings. The van der Waals surface area contributed by atoms with E-state index in [9.17, 15) is 0 Å². The molecule has 3 N–H and O–H groups in total. The van der Waals surface area contributed by atoms with Gasteiger partial charge < -0.3 is 15.8 Å². The zero-order chi connectivity index (χ0) is 11.8. The number of hydrogen-bond acceptors (Lipinski definition) is 5. The Morgan fingerprint density at radius 3 is 3.06 bits per heavy atom. The monoisotopic (exact) mass is 230 g/mol. The molecule has 0 amide bonds. The van der Waals surface area contributed by atoms with E-state index in [1.165, 1.54) is 0 Å². The summed E-state index contributed by atoms with van der Waals surface area (Å²) in [5.74, 6) is 0.602. The lowest BCUT2D eigenvalue weighted by Crippen LogP contribution is -2.31. The molecule has 5 heteroatoms. The molecule has 0 spiro atoms. The van der Waals surface area contributed by atoms with E-state index in [2.05, 4.69) is 16.4 Å². The lowest BCUT2D eigenvalue weighted by molar-refractivity contribution is 0.102. The van der Waals surface area contributed by atoms with Crippen LogP contribution in [0.4, 0.5) is 11.5 Å². The Balaban J connectivity index is 1.80. The fourth-order valence-electron chi connectivity index (χ4n) is 2.65. The average Bonchev–Trinajstić information content (AvgIpc) is 2.94. The summed E-state index contributed by atoms with van der Waals surface area (Å²) in [7, 11) is 0. The van der Waals surface area contributed by atoms with Gasteiger partial charge in [-0.25, -0.2) is 4.98 Å². The van der Waals surface area contributed by atoms with Crippen molar-refractivity contribution in [2.45, 2.75) is 37.5 Å². The van der Waals surface area contributed by atoms with Crippen LogP contribution < -0.4 is 11.1 Å². The van der Waals surface area contributed by atoms with E-state index in [-0.39, 0.29) is 12.1 Å². The summed E-state index contributed by atoms with van der Waals surface area (Å²) in [6, 6.07) is 3.96. The van der Waals surface area contributed by atoms with Crippen LogP contribution in [0.25, 0.3) is 0 Å². The molecular formula is C12H14N4O. The van der Waals surface area contributed by atoms with Crippen LogP contribution in [-0.2, 0) is 4.74 Å². The molecular weight excluding hydrogens is 216 g/mol. The van der Waals surface area contributed by atoms with Crippen molar-refractivity contribution in [2.75, 3.05) is 11.1 Å². The van der Waals surface area contributed by atoms with Gasteiger partial charge in [0.15, 0.2) is 5.82 Å². The highest BCUT2D eigenvalue weighted by Gasteiger charge is 2.41. The summed E-state index contributed by atoms with van der Waals surface area (Å²) in [6.07, 6.45) is 5.52. The number of anilines is 2. The first-order valence-electron chi connectivity index (χ1n) is 5.84. The van der Waals surface area contributed by atoms with Gasteiger partial charge in [0.1, 0.15) is 6.07 Å². The molecule has 0 radical (unpaired) electrons. The van der Waals surface area contributed by atoms with Gasteiger partial charge in [0.25, 0.3) is 0 Å². The van der Waals surface area contributed by atoms with Gasteiger partial charge in [-0.3, -0.25) is 0 Å². The second kappa shape index (κ2) is 3.90. The van der Waals surface area contributed by atoms with Gasteiger partial charge in [-0.05, 0) is 25.3 Å². The predicted octanol–water partition coefficient (Wildman–Crippen LogP) is 1.27. The predicted molar refractivity (Wildman–Crippen MR) is 63.3 cm³/mol. The second-order valence-corrected chi connectivity index (χ2v) is 4.59. The topological polar surface area (TPSA) is 84.0 Å². The van der Waals surface area contributed by atoms with Gasteiger partial charge in [0.05, 0.1) is 29.5 Å². The van der Waals surface area contributed by atoms with Gasteiger partial charge in [0.2, 0.25) is 0 Å². The summed E-state index contributed by atoms with van der Waals surface area (Å²) in [4.78, 5) is 4.19. The fraction of sp³-hybridized carbons (Fsp3) is 0.500. The highest BCUT2D eigenvalue weighted by Crippen LogP contribution is 2.36. The zero-order valence-corrected chi connectivity index (χ0v) is 9.39. The van der Waals surface area contributed by atoms with Crippen LogP contribution in [0.5, 0.6) is 0 Å². The standard InChI is InChI=1S/C12H14N4O/c13-6-7-3-4-15-12(11(7)14)16-9-5-8-1-2-10(9)17-8/h3-4,8-10H,1-2,5,14H2,(H,15,16). The van der Waals surface area contributed by atoms with Crippen LogP contribution in [0, 0.1) is 11.3 Å². The Kier molecular flexibility index (Phi) is 2.37. The molecule has 0 saturated carbocycles. The number of nitriles is 1. The minimum Gasteiger partial charge on any atom is -0.395 e. The van der Waals surface area contributed by atoms with Crippen LogP contribution in [0.1, 0.15) is 24.8 Å². The molecule has 3 rings (SSSR count). The fourth-order valence-corrected chi connectivity index (χ4v) is 2.65. The molecule has 3 atom stereocenters. The molecule has 5 nitrogen and oxygen atoms in total. The van der Waals surface area contributed by atoms with E-state index in [1.54, 1.807) is 12.3 Å². The maximum absolute atomic E-state index is 8.90. The molecule has 2 saturated heterocycles. The number of hydrogen-bond donors (Lipinski definition) is 2. The van der Waals surface area contributed by atoms with Crippen molar-refractivity contribution in [1.82, 2.24) is 4.98 Å². The third kappa shape index (κ3) is 1.71. The van der Waals surface area contributed by atoms with Crippen molar-refractivity contribution < 1.29 is 4.74 Å². The molecule has 17 heavy (non-hydrogen) atoms. The molecule has 0 aromatic carbocycles. The van der Waals surface area contributed by atoms with E-state index >= 15 is 0 Å². The van der Waals surface area contributed by atoms with Crippen molar-refractivity contribution in [3.05, 3.63) is 17.8 Å². The van der Waals surface area contributed by atoms with Crippen LogP contribution >= 0.6 is 0 Å². The molecule has 2 bridgehead atoms. The lowest BCUT2D eigenvalue weighted by atomic mass is 9.95. The normalized spacial score (nSPS) is 30.2. The maximum Gasteiger partial charge on any atom is 0.150 e. The third-order valence-electron chi connectivity index (χ3n) is 3.54. The number of ether oxygens (including phenoxy) is 1. The number of nitrogens with two attached hydrogens (primary N) is 1. The van der Waals surface area contributed by atoms with Gasteiger partial charge in [0, 0.05) is 6.20 Å². The van der Waals surface area contributed by atoms with Crippen molar-refractivity contribution in [3.8, 4) is 6.07 Å². The van der Waals surface area contributed by atoms with Crippen LogP contribution in [0.2, 0.25) is 0 Å². The number of nitrogens with zero attached hydrogens (tertiary/aromatic N) is 2. The minimum absolute atomic E-state index is 0.270. The van der Waals surface area contributed by atoms with E-state index in [0.717, 1.165) is 19.3 Å². The Hall–Kier alpha value is -1.80. The van der Waals surface area contributed by atoms with E-state index < -0.39 is 0 Å². The summed E-state index contributed by atoms with van der Waals surface area (Å²) >= 11 is 0. The highest BCUT2D eigenvalue weighted by molar-refractivity contribution is 5.69.